The summed E-state index contributed by atoms with van der Waals surface area (Å²) in [6.45, 7) is 4.00. The summed E-state index contributed by atoms with van der Waals surface area (Å²) < 4.78 is 2.06. The van der Waals surface area contributed by atoms with E-state index in [1.54, 1.807) is 6.20 Å². The molecule has 0 amide bonds. The SMILES string of the molecule is CC.Cn1ccc2c3nc(N)ncc3ccc21. The van der Waals surface area contributed by atoms with E-state index in [0.29, 0.717) is 5.95 Å². The van der Waals surface area contributed by atoms with Crippen LogP contribution in [0.3, 0.4) is 0 Å². The second kappa shape index (κ2) is 4.41. The van der Waals surface area contributed by atoms with E-state index in [1.807, 2.05) is 39.2 Å². The molecular weight excluding hydrogens is 212 g/mol. The van der Waals surface area contributed by atoms with E-state index in [0.717, 1.165) is 21.8 Å². The predicted octanol–water partition coefficient (Wildman–Crippen LogP) is 2.73. The van der Waals surface area contributed by atoms with Gasteiger partial charge in [0.2, 0.25) is 5.95 Å². The molecule has 0 spiro atoms. The van der Waals surface area contributed by atoms with Gasteiger partial charge in [0.15, 0.2) is 0 Å². The molecule has 0 aliphatic rings. The molecule has 2 heterocycles. The summed E-state index contributed by atoms with van der Waals surface area (Å²) in [6.07, 6.45) is 3.77. The van der Waals surface area contributed by atoms with Crippen molar-refractivity contribution in [2.24, 2.45) is 7.05 Å². The third-order valence-corrected chi connectivity index (χ3v) is 2.63. The molecule has 0 aliphatic carbocycles. The second-order valence-electron chi connectivity index (χ2n) is 3.59. The van der Waals surface area contributed by atoms with Gasteiger partial charge in [-0.05, 0) is 18.2 Å². The van der Waals surface area contributed by atoms with Gasteiger partial charge in [0, 0.05) is 35.7 Å². The Kier molecular flexibility index (Phi) is 2.95. The lowest BCUT2D eigenvalue weighted by atomic mass is 10.2. The number of fused-ring (bicyclic) bond motifs is 3. The van der Waals surface area contributed by atoms with Gasteiger partial charge in [-0.15, -0.1) is 0 Å². The van der Waals surface area contributed by atoms with Crippen molar-refractivity contribution in [3.8, 4) is 0 Å². The maximum Gasteiger partial charge on any atom is 0.220 e. The quantitative estimate of drug-likeness (QED) is 0.643. The predicted molar refractivity (Wildman–Crippen MR) is 71.8 cm³/mol. The van der Waals surface area contributed by atoms with Crippen LogP contribution >= 0.6 is 0 Å². The summed E-state index contributed by atoms with van der Waals surface area (Å²) >= 11 is 0. The van der Waals surface area contributed by atoms with Crippen LogP contribution in [-0.2, 0) is 7.05 Å². The Hall–Kier alpha value is -2.10. The van der Waals surface area contributed by atoms with E-state index >= 15 is 0 Å². The van der Waals surface area contributed by atoms with Crippen LogP contribution in [0.4, 0.5) is 5.95 Å². The maximum absolute atomic E-state index is 5.59. The average molecular weight is 228 g/mol. The van der Waals surface area contributed by atoms with Crippen molar-refractivity contribution in [2.75, 3.05) is 5.73 Å². The molecule has 4 heteroatoms. The molecule has 0 unspecified atom stereocenters. The summed E-state index contributed by atoms with van der Waals surface area (Å²) in [7, 11) is 2.01. The standard InChI is InChI=1S/C11H10N4.C2H6/c1-15-5-4-8-9(15)3-2-7-6-13-11(12)14-10(7)8;1-2/h2-6H,1H3,(H2,12,13,14);1-2H3. The van der Waals surface area contributed by atoms with E-state index in [2.05, 4.69) is 20.6 Å². The Morgan fingerprint density at radius 3 is 2.71 bits per heavy atom. The molecule has 3 rings (SSSR count). The number of nitrogen functional groups attached to an aromatic ring is 1. The molecule has 0 saturated heterocycles. The lowest BCUT2D eigenvalue weighted by Gasteiger charge is -2.01. The second-order valence-corrected chi connectivity index (χ2v) is 3.59. The van der Waals surface area contributed by atoms with Crippen LogP contribution < -0.4 is 5.73 Å². The summed E-state index contributed by atoms with van der Waals surface area (Å²) in [6, 6.07) is 6.12. The Morgan fingerprint density at radius 1 is 1.18 bits per heavy atom. The van der Waals surface area contributed by atoms with Gasteiger partial charge in [0.05, 0.1) is 5.52 Å². The van der Waals surface area contributed by atoms with Gasteiger partial charge in [0.25, 0.3) is 0 Å². The monoisotopic (exact) mass is 228 g/mol. The minimum atomic E-state index is 0.318. The molecule has 0 atom stereocenters. The molecule has 1 aromatic carbocycles. The third-order valence-electron chi connectivity index (χ3n) is 2.63. The van der Waals surface area contributed by atoms with E-state index < -0.39 is 0 Å². The number of aromatic nitrogens is 3. The zero-order valence-electron chi connectivity index (χ0n) is 10.3. The highest BCUT2D eigenvalue weighted by molar-refractivity contribution is 6.04. The zero-order chi connectivity index (χ0) is 12.4. The van der Waals surface area contributed by atoms with Crippen molar-refractivity contribution < 1.29 is 0 Å². The molecule has 88 valence electrons. The highest BCUT2D eigenvalue weighted by Crippen LogP contribution is 2.23. The number of rotatable bonds is 0. The largest absolute Gasteiger partial charge is 0.368 e. The third kappa shape index (κ3) is 1.82. The summed E-state index contributed by atoms with van der Waals surface area (Å²) in [4.78, 5) is 8.25. The van der Waals surface area contributed by atoms with Gasteiger partial charge in [0.1, 0.15) is 0 Å². The van der Waals surface area contributed by atoms with Gasteiger partial charge in [-0.1, -0.05) is 13.8 Å². The number of anilines is 1. The molecule has 3 aromatic rings. The summed E-state index contributed by atoms with van der Waals surface area (Å²) in [5, 5.41) is 2.13. The summed E-state index contributed by atoms with van der Waals surface area (Å²) in [5.41, 5.74) is 7.66. The van der Waals surface area contributed by atoms with Crippen LogP contribution in [0.5, 0.6) is 0 Å². The molecular formula is C13H16N4. The summed E-state index contributed by atoms with van der Waals surface area (Å²) in [5.74, 6) is 0.318. The maximum atomic E-state index is 5.59. The minimum absolute atomic E-state index is 0.318. The van der Waals surface area contributed by atoms with Crippen molar-refractivity contribution in [2.45, 2.75) is 13.8 Å². The first-order valence-electron chi connectivity index (χ1n) is 5.72. The highest BCUT2D eigenvalue weighted by Gasteiger charge is 2.04. The molecule has 0 fully saturated rings. The van der Waals surface area contributed by atoms with Crippen LogP contribution in [0, 0.1) is 0 Å². The Balaban J connectivity index is 0.000000514. The Morgan fingerprint density at radius 2 is 1.94 bits per heavy atom. The van der Waals surface area contributed by atoms with Crippen LogP contribution in [-0.4, -0.2) is 14.5 Å². The molecule has 2 aromatic heterocycles. The van der Waals surface area contributed by atoms with Gasteiger partial charge in [-0.3, -0.25) is 0 Å². The van der Waals surface area contributed by atoms with Crippen LogP contribution in [0.2, 0.25) is 0 Å². The fourth-order valence-corrected chi connectivity index (χ4v) is 1.86. The van der Waals surface area contributed by atoms with Gasteiger partial charge < -0.3 is 10.3 Å². The number of aryl methyl sites for hydroxylation is 1. The smallest absolute Gasteiger partial charge is 0.220 e. The fourth-order valence-electron chi connectivity index (χ4n) is 1.86. The van der Waals surface area contributed by atoms with Gasteiger partial charge in [-0.25, -0.2) is 9.97 Å². The fraction of sp³-hybridized carbons (Fsp3) is 0.231. The Bertz CT molecular complexity index is 655. The van der Waals surface area contributed by atoms with Crippen molar-refractivity contribution >= 4 is 27.8 Å². The minimum Gasteiger partial charge on any atom is -0.368 e. The van der Waals surface area contributed by atoms with Crippen molar-refractivity contribution in [1.82, 2.24) is 14.5 Å². The molecule has 0 radical (unpaired) electrons. The highest BCUT2D eigenvalue weighted by atomic mass is 15.0. The molecule has 0 aliphatic heterocycles. The van der Waals surface area contributed by atoms with E-state index in [4.69, 9.17) is 5.73 Å². The molecule has 2 N–H and O–H groups in total. The van der Waals surface area contributed by atoms with E-state index in [1.165, 1.54) is 0 Å². The average Bonchev–Trinajstić information content (AvgIpc) is 2.74. The molecule has 17 heavy (non-hydrogen) atoms. The first-order valence-corrected chi connectivity index (χ1v) is 5.72. The van der Waals surface area contributed by atoms with E-state index in [-0.39, 0.29) is 0 Å². The van der Waals surface area contributed by atoms with Gasteiger partial charge in [-0.2, -0.15) is 0 Å². The van der Waals surface area contributed by atoms with Gasteiger partial charge >= 0.3 is 0 Å². The van der Waals surface area contributed by atoms with Crippen molar-refractivity contribution in [1.29, 1.82) is 0 Å². The molecule has 4 nitrogen and oxygen atoms in total. The number of nitrogens with zero attached hydrogens (tertiary/aromatic N) is 3. The lowest BCUT2D eigenvalue weighted by molar-refractivity contribution is 0.969. The zero-order valence-corrected chi connectivity index (χ0v) is 10.3. The van der Waals surface area contributed by atoms with Crippen LogP contribution in [0.15, 0.2) is 30.6 Å². The van der Waals surface area contributed by atoms with Crippen LogP contribution in [0.1, 0.15) is 13.8 Å². The number of hydrogen-bond donors (Lipinski definition) is 1. The number of benzene rings is 1. The first kappa shape index (κ1) is 11.4. The van der Waals surface area contributed by atoms with Crippen LogP contribution in [0.25, 0.3) is 21.8 Å². The lowest BCUT2D eigenvalue weighted by Crippen LogP contribution is -1.94. The number of nitrogens with two attached hydrogens (primary N) is 1. The van der Waals surface area contributed by atoms with Crippen molar-refractivity contribution in [3.05, 3.63) is 30.6 Å². The number of hydrogen-bond acceptors (Lipinski definition) is 3. The van der Waals surface area contributed by atoms with Crippen molar-refractivity contribution in [3.63, 3.8) is 0 Å². The Labute approximate surface area is 100 Å². The molecule has 0 bridgehead atoms. The first-order chi connectivity index (χ1) is 8.25. The normalized spacial score (nSPS) is 10.3. The topological polar surface area (TPSA) is 56.7 Å². The molecule has 0 saturated carbocycles. The van der Waals surface area contributed by atoms with E-state index in [9.17, 15) is 0 Å².